The molecule has 0 aliphatic carbocycles. The highest BCUT2D eigenvalue weighted by atomic mass is 16.5. The number of pyridine rings is 1. The average Bonchev–Trinajstić information content (AvgIpc) is 2.76. The van der Waals surface area contributed by atoms with Crippen LogP contribution in [0.4, 0.5) is 0 Å². The van der Waals surface area contributed by atoms with Crippen LogP contribution in [0.15, 0.2) is 36.5 Å². The summed E-state index contributed by atoms with van der Waals surface area (Å²) in [6, 6.07) is 9.09. The highest BCUT2D eigenvalue weighted by Crippen LogP contribution is 2.27. The van der Waals surface area contributed by atoms with Gasteiger partial charge in [0.2, 0.25) is 5.91 Å². The maximum atomic E-state index is 13.1. The number of amides is 2. The lowest BCUT2D eigenvalue weighted by Gasteiger charge is -2.32. The highest BCUT2D eigenvalue weighted by molar-refractivity contribution is 5.97. The van der Waals surface area contributed by atoms with Crippen molar-refractivity contribution in [3.05, 3.63) is 53.3 Å². The Morgan fingerprint density at radius 2 is 2.00 bits per heavy atom. The molecular formula is C24H31N3O4. The van der Waals surface area contributed by atoms with Crippen molar-refractivity contribution in [3.63, 3.8) is 0 Å². The zero-order valence-corrected chi connectivity index (χ0v) is 18.7. The molecule has 2 aromatic rings. The monoisotopic (exact) mass is 425 g/mol. The van der Waals surface area contributed by atoms with Crippen LogP contribution in [-0.2, 0) is 11.2 Å². The quantitative estimate of drug-likeness (QED) is 0.737. The number of hydrogen-bond donors (Lipinski definition) is 1. The third-order valence-electron chi connectivity index (χ3n) is 5.61. The fraction of sp³-hybridized carbons (Fsp3) is 0.458. The lowest BCUT2D eigenvalue weighted by atomic mass is 10.1. The molecule has 0 bridgehead atoms. The second kappa shape index (κ2) is 10.3. The van der Waals surface area contributed by atoms with Gasteiger partial charge in [0.15, 0.2) is 0 Å². The predicted octanol–water partition coefficient (Wildman–Crippen LogP) is 3.15. The normalized spacial score (nSPS) is 15.3. The minimum Gasteiger partial charge on any atom is -0.497 e. The zero-order chi connectivity index (χ0) is 22.4. The van der Waals surface area contributed by atoms with Gasteiger partial charge in [-0.25, -0.2) is 0 Å². The minimum atomic E-state index is -0.212. The van der Waals surface area contributed by atoms with Crippen LogP contribution in [0.5, 0.6) is 11.5 Å². The van der Waals surface area contributed by atoms with Crippen molar-refractivity contribution >= 4 is 11.8 Å². The Morgan fingerprint density at radius 1 is 1.26 bits per heavy atom. The lowest BCUT2D eigenvalue weighted by molar-refractivity contribution is -0.130. The third kappa shape index (κ3) is 5.96. The van der Waals surface area contributed by atoms with Crippen molar-refractivity contribution in [3.8, 4) is 11.5 Å². The first-order valence-electron chi connectivity index (χ1n) is 10.7. The van der Waals surface area contributed by atoms with Gasteiger partial charge in [-0.15, -0.1) is 0 Å². The number of aryl methyl sites for hydroxylation is 1. The summed E-state index contributed by atoms with van der Waals surface area (Å²) in [6.45, 7) is 6.89. The Bertz CT molecular complexity index is 923. The van der Waals surface area contributed by atoms with Gasteiger partial charge in [0.1, 0.15) is 17.6 Å². The van der Waals surface area contributed by atoms with E-state index in [2.05, 4.69) is 10.3 Å². The summed E-state index contributed by atoms with van der Waals surface area (Å²) in [4.78, 5) is 30.9. The molecule has 0 radical (unpaired) electrons. The van der Waals surface area contributed by atoms with Gasteiger partial charge >= 0.3 is 0 Å². The summed E-state index contributed by atoms with van der Waals surface area (Å²) < 4.78 is 11.5. The van der Waals surface area contributed by atoms with Crippen LogP contribution in [0.3, 0.4) is 0 Å². The number of rotatable bonds is 7. The summed E-state index contributed by atoms with van der Waals surface area (Å²) >= 11 is 0. The molecule has 0 spiro atoms. The molecule has 1 fully saturated rings. The number of carbonyl (C=O) groups excluding carboxylic acids is 2. The number of nitrogens with zero attached hydrogens (tertiary/aromatic N) is 2. The first kappa shape index (κ1) is 22.6. The van der Waals surface area contributed by atoms with Gasteiger partial charge in [0, 0.05) is 57.2 Å². The standard InChI is InChI=1S/C24H31N3O4/c1-16-6-5-11-25-22(16)14-17(2)26-24(29)21-15-20(30-4)7-8-23(21)31-19-9-12-27(13-10-19)18(3)28/h5-8,11,15,17,19H,9-10,12-14H2,1-4H3,(H,26,29)/t17-/m0/s1. The second-order valence-corrected chi connectivity index (χ2v) is 8.03. The first-order chi connectivity index (χ1) is 14.9. The molecule has 0 unspecified atom stereocenters. The maximum Gasteiger partial charge on any atom is 0.255 e. The number of nitrogens with one attached hydrogen (secondary N) is 1. The fourth-order valence-corrected chi connectivity index (χ4v) is 3.76. The van der Waals surface area contributed by atoms with E-state index in [0.717, 1.165) is 24.1 Å². The Balaban J connectivity index is 1.69. The smallest absolute Gasteiger partial charge is 0.255 e. The molecule has 1 saturated heterocycles. The topological polar surface area (TPSA) is 80.8 Å². The van der Waals surface area contributed by atoms with Crippen LogP contribution < -0.4 is 14.8 Å². The maximum absolute atomic E-state index is 13.1. The number of aromatic nitrogens is 1. The molecule has 1 aromatic carbocycles. The summed E-state index contributed by atoms with van der Waals surface area (Å²) in [7, 11) is 1.57. The van der Waals surface area contributed by atoms with Crippen molar-refractivity contribution in [2.75, 3.05) is 20.2 Å². The molecule has 7 heteroatoms. The van der Waals surface area contributed by atoms with Crippen molar-refractivity contribution in [2.45, 2.75) is 52.2 Å². The van der Waals surface area contributed by atoms with Crippen molar-refractivity contribution < 1.29 is 19.1 Å². The molecule has 1 aliphatic heterocycles. The fourth-order valence-electron chi connectivity index (χ4n) is 3.76. The number of benzene rings is 1. The largest absolute Gasteiger partial charge is 0.497 e. The molecule has 1 aromatic heterocycles. The lowest BCUT2D eigenvalue weighted by Crippen LogP contribution is -2.41. The molecule has 3 rings (SSSR count). The SMILES string of the molecule is COc1ccc(OC2CCN(C(C)=O)CC2)c(C(=O)N[C@@H](C)Cc2ncccc2C)c1. The molecule has 0 saturated carbocycles. The summed E-state index contributed by atoms with van der Waals surface area (Å²) in [5, 5.41) is 3.06. The van der Waals surface area contributed by atoms with Gasteiger partial charge in [0.05, 0.1) is 12.7 Å². The van der Waals surface area contributed by atoms with Gasteiger partial charge in [-0.05, 0) is 43.7 Å². The Labute approximate surface area is 183 Å². The average molecular weight is 426 g/mol. The van der Waals surface area contributed by atoms with Crippen molar-refractivity contribution in [2.24, 2.45) is 0 Å². The minimum absolute atomic E-state index is 0.0378. The Kier molecular flexibility index (Phi) is 7.50. The van der Waals surface area contributed by atoms with Crippen molar-refractivity contribution in [1.82, 2.24) is 15.2 Å². The number of ether oxygens (including phenoxy) is 2. The van der Waals surface area contributed by atoms with E-state index in [1.54, 1.807) is 38.4 Å². The van der Waals surface area contributed by atoms with Gasteiger partial charge in [-0.1, -0.05) is 6.07 Å². The van der Waals surface area contributed by atoms with Crippen LogP contribution in [0.1, 0.15) is 48.3 Å². The van der Waals surface area contributed by atoms with E-state index in [9.17, 15) is 9.59 Å². The molecule has 7 nitrogen and oxygen atoms in total. The van der Waals surface area contributed by atoms with Crippen LogP contribution in [-0.4, -0.2) is 54.0 Å². The van der Waals surface area contributed by atoms with E-state index in [4.69, 9.17) is 9.47 Å². The van der Waals surface area contributed by atoms with Crippen LogP contribution in [0.25, 0.3) is 0 Å². The van der Waals surface area contributed by atoms with Crippen LogP contribution in [0, 0.1) is 6.92 Å². The van der Waals surface area contributed by atoms with E-state index >= 15 is 0 Å². The van der Waals surface area contributed by atoms with Gasteiger partial charge < -0.3 is 19.7 Å². The Hall–Kier alpha value is -3.09. The van der Waals surface area contributed by atoms with Gasteiger partial charge in [0.25, 0.3) is 5.91 Å². The van der Waals surface area contributed by atoms with Crippen LogP contribution >= 0.6 is 0 Å². The number of methoxy groups -OCH3 is 1. The molecule has 1 aliphatic rings. The highest BCUT2D eigenvalue weighted by Gasteiger charge is 2.24. The molecule has 1 atom stereocenters. The van der Waals surface area contributed by atoms with Gasteiger partial charge in [-0.3, -0.25) is 14.6 Å². The summed E-state index contributed by atoms with van der Waals surface area (Å²) in [5.41, 5.74) is 2.51. The van der Waals surface area contributed by atoms with E-state index in [-0.39, 0.29) is 24.0 Å². The number of hydrogen-bond acceptors (Lipinski definition) is 5. The van der Waals surface area contributed by atoms with Gasteiger partial charge in [-0.2, -0.15) is 0 Å². The second-order valence-electron chi connectivity index (χ2n) is 8.03. The first-order valence-corrected chi connectivity index (χ1v) is 10.7. The summed E-state index contributed by atoms with van der Waals surface area (Å²) in [6.07, 6.45) is 3.85. The molecule has 166 valence electrons. The molecule has 2 heterocycles. The number of carbonyl (C=O) groups is 2. The van der Waals surface area contributed by atoms with Crippen molar-refractivity contribution in [1.29, 1.82) is 0 Å². The van der Waals surface area contributed by atoms with E-state index in [0.29, 0.717) is 36.6 Å². The molecule has 2 amide bonds. The number of piperidine rings is 1. The molecule has 1 N–H and O–H groups in total. The molecule has 31 heavy (non-hydrogen) atoms. The Morgan fingerprint density at radius 3 is 2.65 bits per heavy atom. The van der Waals surface area contributed by atoms with E-state index in [1.165, 1.54) is 0 Å². The zero-order valence-electron chi connectivity index (χ0n) is 18.7. The molecular weight excluding hydrogens is 394 g/mol. The predicted molar refractivity (Wildman–Crippen MR) is 119 cm³/mol. The summed E-state index contributed by atoms with van der Waals surface area (Å²) in [5.74, 6) is 0.995. The van der Waals surface area contributed by atoms with E-state index < -0.39 is 0 Å². The third-order valence-corrected chi connectivity index (χ3v) is 5.61. The van der Waals surface area contributed by atoms with E-state index in [1.807, 2.05) is 30.9 Å². The number of likely N-dealkylation sites (tertiary alicyclic amines) is 1. The van der Waals surface area contributed by atoms with Crippen LogP contribution in [0.2, 0.25) is 0 Å².